The summed E-state index contributed by atoms with van der Waals surface area (Å²) >= 11 is 0. The Bertz CT molecular complexity index is 650. The molecule has 0 aromatic heterocycles. The van der Waals surface area contributed by atoms with Gasteiger partial charge < -0.3 is 15.3 Å². The van der Waals surface area contributed by atoms with Crippen LogP contribution in [0.1, 0.15) is 5.56 Å². The van der Waals surface area contributed by atoms with Gasteiger partial charge in [0.1, 0.15) is 0 Å². The van der Waals surface area contributed by atoms with Crippen LogP contribution in [0.2, 0.25) is 0 Å². The first-order valence-electron chi connectivity index (χ1n) is 6.86. The molecule has 1 heterocycles. The number of hydrogen-bond acceptors (Lipinski definition) is 2. The number of hydrogen-bond donors (Lipinski definition) is 2. The first-order valence-corrected chi connectivity index (χ1v) is 6.86. The summed E-state index contributed by atoms with van der Waals surface area (Å²) in [7, 11) is 0. The average molecular weight is 352 g/mol. The lowest BCUT2D eigenvalue weighted by molar-refractivity contribution is -0.187. The van der Waals surface area contributed by atoms with Crippen molar-refractivity contribution in [2.75, 3.05) is 13.1 Å². The van der Waals surface area contributed by atoms with Gasteiger partial charge in [-0.3, -0.25) is 4.79 Å². The van der Waals surface area contributed by atoms with E-state index in [9.17, 15) is 31.5 Å². The summed E-state index contributed by atoms with van der Waals surface area (Å²) in [6.07, 6.45) is -4.74. The highest BCUT2D eigenvalue weighted by atomic mass is 19.4. The zero-order valence-electron chi connectivity index (χ0n) is 12.1. The standard InChI is InChI=1S/C14H13F5N2O3/c15-10-2-1-7(3-11(10)16)4-20-13(24)21-5-8(12(22)23)9(6-21)14(17,18)19/h1-3,8-9H,4-6H2,(H,20,24)(H,22,23)/t8-,9-/m1/s1. The maximum Gasteiger partial charge on any atom is 0.394 e. The summed E-state index contributed by atoms with van der Waals surface area (Å²) in [6.45, 7) is -1.59. The number of aliphatic carboxylic acids is 1. The minimum atomic E-state index is -4.74. The quantitative estimate of drug-likeness (QED) is 0.821. The highest BCUT2D eigenvalue weighted by Gasteiger charge is 2.53. The number of halogens is 5. The van der Waals surface area contributed by atoms with Gasteiger partial charge in [0, 0.05) is 19.6 Å². The monoisotopic (exact) mass is 352 g/mol. The number of nitrogens with zero attached hydrogens (tertiary/aromatic N) is 1. The molecule has 132 valence electrons. The van der Waals surface area contributed by atoms with Gasteiger partial charge in [0.05, 0.1) is 11.8 Å². The van der Waals surface area contributed by atoms with Crippen LogP contribution in [0.3, 0.4) is 0 Å². The minimum absolute atomic E-state index is 0.212. The van der Waals surface area contributed by atoms with Gasteiger partial charge in [-0.05, 0) is 17.7 Å². The molecular weight excluding hydrogens is 339 g/mol. The van der Waals surface area contributed by atoms with E-state index in [2.05, 4.69) is 5.32 Å². The summed E-state index contributed by atoms with van der Waals surface area (Å²) in [4.78, 5) is 23.6. The zero-order valence-corrected chi connectivity index (χ0v) is 12.1. The first kappa shape index (κ1) is 18.0. The Kier molecular flexibility index (Phi) is 4.95. The molecule has 0 bridgehead atoms. The molecule has 1 fully saturated rings. The van der Waals surface area contributed by atoms with Crippen molar-refractivity contribution >= 4 is 12.0 Å². The highest BCUT2D eigenvalue weighted by molar-refractivity contribution is 5.77. The van der Waals surface area contributed by atoms with E-state index >= 15 is 0 Å². The fourth-order valence-electron chi connectivity index (χ4n) is 2.49. The molecule has 2 amide bonds. The Labute approximate surface area is 133 Å². The van der Waals surface area contributed by atoms with Crippen LogP contribution in [-0.2, 0) is 11.3 Å². The summed E-state index contributed by atoms with van der Waals surface area (Å²) in [5, 5.41) is 11.1. The molecule has 1 aliphatic rings. The molecule has 1 saturated heterocycles. The molecule has 10 heteroatoms. The van der Waals surface area contributed by atoms with Gasteiger partial charge in [0.15, 0.2) is 11.6 Å². The van der Waals surface area contributed by atoms with Gasteiger partial charge in [-0.15, -0.1) is 0 Å². The van der Waals surface area contributed by atoms with Crippen molar-refractivity contribution in [3.63, 3.8) is 0 Å². The van der Waals surface area contributed by atoms with Crippen LogP contribution >= 0.6 is 0 Å². The summed E-state index contributed by atoms with van der Waals surface area (Å²) in [5.74, 6) is -7.70. The van der Waals surface area contributed by atoms with Crippen molar-refractivity contribution in [3.8, 4) is 0 Å². The number of carboxylic acids is 1. The maximum atomic E-state index is 13.0. The summed E-state index contributed by atoms with van der Waals surface area (Å²) in [6, 6.07) is 2.00. The van der Waals surface area contributed by atoms with Crippen molar-refractivity contribution in [2.45, 2.75) is 12.7 Å². The predicted octanol–water partition coefficient (Wildman–Crippen LogP) is 2.37. The molecule has 5 nitrogen and oxygen atoms in total. The van der Waals surface area contributed by atoms with E-state index in [0.29, 0.717) is 0 Å². The van der Waals surface area contributed by atoms with E-state index in [4.69, 9.17) is 5.11 Å². The second-order valence-corrected chi connectivity index (χ2v) is 5.40. The van der Waals surface area contributed by atoms with Gasteiger partial charge in [-0.25, -0.2) is 13.6 Å². The topological polar surface area (TPSA) is 69.6 Å². The minimum Gasteiger partial charge on any atom is -0.481 e. The number of amides is 2. The smallest absolute Gasteiger partial charge is 0.394 e. The fourth-order valence-corrected chi connectivity index (χ4v) is 2.49. The molecule has 1 aliphatic heterocycles. The van der Waals surface area contributed by atoms with E-state index in [1.807, 2.05) is 0 Å². The van der Waals surface area contributed by atoms with Crippen LogP contribution < -0.4 is 5.32 Å². The number of carbonyl (C=O) groups is 2. The molecule has 2 N–H and O–H groups in total. The Balaban J connectivity index is 2.00. The Morgan fingerprint density at radius 2 is 1.88 bits per heavy atom. The van der Waals surface area contributed by atoms with Gasteiger partial charge in [0.2, 0.25) is 0 Å². The van der Waals surface area contributed by atoms with Crippen molar-refractivity contribution in [1.82, 2.24) is 10.2 Å². The maximum absolute atomic E-state index is 13.0. The van der Waals surface area contributed by atoms with Crippen molar-refractivity contribution in [3.05, 3.63) is 35.4 Å². The third-order valence-electron chi connectivity index (χ3n) is 3.77. The molecule has 0 spiro atoms. The molecule has 0 aliphatic carbocycles. The van der Waals surface area contributed by atoms with E-state index in [-0.39, 0.29) is 12.1 Å². The number of urea groups is 1. The molecule has 1 aromatic carbocycles. The normalized spacial score (nSPS) is 21.0. The van der Waals surface area contributed by atoms with E-state index in [1.165, 1.54) is 6.07 Å². The second-order valence-electron chi connectivity index (χ2n) is 5.40. The third kappa shape index (κ3) is 3.92. The SMILES string of the molecule is O=C(O)[C@@H]1CN(C(=O)NCc2ccc(F)c(F)c2)C[C@H]1C(F)(F)F. The van der Waals surface area contributed by atoms with Crippen LogP contribution in [0.15, 0.2) is 18.2 Å². The van der Waals surface area contributed by atoms with Crippen molar-refractivity contribution in [2.24, 2.45) is 11.8 Å². The molecule has 24 heavy (non-hydrogen) atoms. The largest absolute Gasteiger partial charge is 0.481 e. The first-order chi connectivity index (χ1) is 11.1. The van der Waals surface area contributed by atoms with Gasteiger partial charge in [-0.1, -0.05) is 6.07 Å². The van der Waals surface area contributed by atoms with Crippen LogP contribution in [-0.4, -0.2) is 41.3 Å². The lowest BCUT2D eigenvalue weighted by Crippen LogP contribution is -2.39. The highest BCUT2D eigenvalue weighted by Crippen LogP contribution is 2.37. The number of likely N-dealkylation sites (tertiary alicyclic amines) is 1. The third-order valence-corrected chi connectivity index (χ3v) is 3.77. The van der Waals surface area contributed by atoms with Gasteiger partial charge in [0.25, 0.3) is 0 Å². The fraction of sp³-hybridized carbons (Fsp3) is 0.429. The van der Waals surface area contributed by atoms with Gasteiger partial charge in [-0.2, -0.15) is 13.2 Å². The zero-order chi connectivity index (χ0) is 18.1. The van der Waals surface area contributed by atoms with E-state index in [1.54, 1.807) is 0 Å². The number of alkyl halides is 3. The van der Waals surface area contributed by atoms with Crippen molar-refractivity contribution < 1.29 is 36.6 Å². The van der Waals surface area contributed by atoms with Crippen molar-refractivity contribution in [1.29, 1.82) is 0 Å². The van der Waals surface area contributed by atoms with E-state index in [0.717, 1.165) is 17.0 Å². The van der Waals surface area contributed by atoms with Gasteiger partial charge >= 0.3 is 18.2 Å². The number of carboxylic acid groups (broad SMARTS) is 1. The van der Waals surface area contributed by atoms with E-state index < -0.39 is 54.7 Å². The predicted molar refractivity (Wildman–Crippen MR) is 70.8 cm³/mol. The molecule has 0 radical (unpaired) electrons. The van der Waals surface area contributed by atoms with Crippen LogP contribution in [0.25, 0.3) is 0 Å². The molecule has 1 aromatic rings. The lowest BCUT2D eigenvalue weighted by atomic mass is 9.96. The average Bonchev–Trinajstić information content (AvgIpc) is 2.94. The summed E-state index contributed by atoms with van der Waals surface area (Å²) in [5.41, 5.74) is 0.212. The molecular formula is C14H13F5N2O3. The molecule has 2 rings (SSSR count). The number of carbonyl (C=O) groups excluding carboxylic acids is 1. The Morgan fingerprint density at radius 1 is 1.21 bits per heavy atom. The number of benzene rings is 1. The number of rotatable bonds is 3. The lowest BCUT2D eigenvalue weighted by Gasteiger charge is -2.18. The van der Waals surface area contributed by atoms with Crippen LogP contribution in [0, 0.1) is 23.5 Å². The van der Waals surface area contributed by atoms with Crippen LogP contribution in [0.5, 0.6) is 0 Å². The molecule has 0 unspecified atom stereocenters. The molecule has 2 atom stereocenters. The molecule has 0 saturated carbocycles. The summed E-state index contributed by atoms with van der Waals surface area (Å²) < 4.78 is 64.3. The Hall–Kier alpha value is -2.39. The van der Waals surface area contributed by atoms with Crippen LogP contribution in [0.4, 0.5) is 26.7 Å². The second kappa shape index (κ2) is 6.62. The Morgan fingerprint density at radius 3 is 2.38 bits per heavy atom. The number of nitrogens with one attached hydrogen (secondary N) is 1.